The fourth-order valence-corrected chi connectivity index (χ4v) is 3.68. The van der Waals surface area contributed by atoms with Crippen LogP contribution in [0.1, 0.15) is 35.4 Å². The van der Waals surface area contributed by atoms with Crippen molar-refractivity contribution in [2.24, 2.45) is 0 Å². The molecular formula is C24H19F9N2O3. The Morgan fingerprint density at radius 1 is 0.974 bits per heavy atom. The Bertz CT molecular complexity index is 1260. The van der Waals surface area contributed by atoms with Crippen molar-refractivity contribution in [1.82, 2.24) is 10.5 Å². The number of nitrogens with zero attached hydrogens (tertiary/aromatic N) is 1. The highest BCUT2D eigenvalue weighted by Crippen LogP contribution is 2.38. The molecule has 2 aromatic carbocycles. The van der Waals surface area contributed by atoms with Gasteiger partial charge in [0, 0.05) is 25.0 Å². The van der Waals surface area contributed by atoms with E-state index in [9.17, 15) is 44.3 Å². The first-order valence-corrected chi connectivity index (χ1v) is 10.8. The summed E-state index contributed by atoms with van der Waals surface area (Å²) in [6.07, 6.45) is -17.1. The van der Waals surface area contributed by atoms with E-state index in [0.717, 1.165) is 30.3 Å². The van der Waals surface area contributed by atoms with Crippen LogP contribution in [-0.2, 0) is 16.8 Å². The van der Waals surface area contributed by atoms with Crippen LogP contribution in [0.25, 0.3) is 0 Å². The number of carbonyl (C=O) groups is 1. The monoisotopic (exact) mass is 554 g/mol. The third kappa shape index (κ3) is 7.19. The van der Waals surface area contributed by atoms with E-state index >= 15 is 0 Å². The Labute approximate surface area is 209 Å². The number of alkyl halides is 7. The van der Waals surface area contributed by atoms with Crippen LogP contribution in [-0.4, -0.2) is 29.8 Å². The van der Waals surface area contributed by atoms with E-state index in [1.807, 2.05) is 0 Å². The highest BCUT2D eigenvalue weighted by molar-refractivity contribution is 5.78. The Hall–Kier alpha value is -3.71. The number of aromatic nitrogens is 1. The molecular weight excluding hydrogens is 535 g/mol. The molecule has 1 atom stereocenters. The predicted octanol–water partition coefficient (Wildman–Crippen LogP) is 6.44. The highest BCUT2D eigenvalue weighted by atomic mass is 19.4. The minimum atomic E-state index is -5.03. The SMILES string of the molecule is Cc1cc(C[C@](NC(=O)CCC(F)(F)F)(c2ccc(F)cc2)c2cc(F)cc(OC(F)(F)C(F)F)c2)on1. The maximum absolute atomic E-state index is 14.6. The number of nitrogens with one attached hydrogen (secondary N) is 1. The lowest BCUT2D eigenvalue weighted by Gasteiger charge is -2.36. The van der Waals surface area contributed by atoms with E-state index < -0.39 is 72.4 Å². The summed E-state index contributed by atoms with van der Waals surface area (Å²) in [6, 6.07) is 7.27. The standard InChI is InChI=1S/C24H19F9N2O3/c1-13-8-19(38-35-13)12-22(14-2-4-16(25)5-3-14,34-20(36)6-7-23(29,30)31)15-9-17(26)11-18(10-15)37-24(32,33)21(27)28/h2-5,8-11,21H,6-7,12H2,1H3,(H,34,36)/t22-/m0/s1. The molecule has 3 aromatic rings. The van der Waals surface area contributed by atoms with E-state index in [0.29, 0.717) is 17.8 Å². The van der Waals surface area contributed by atoms with Gasteiger partial charge in [-0.15, -0.1) is 0 Å². The second-order valence-electron chi connectivity index (χ2n) is 8.33. The van der Waals surface area contributed by atoms with Crippen LogP contribution >= 0.6 is 0 Å². The van der Waals surface area contributed by atoms with Crippen molar-refractivity contribution < 1.29 is 53.6 Å². The topological polar surface area (TPSA) is 64.4 Å². The Kier molecular flexibility index (Phi) is 8.32. The summed E-state index contributed by atoms with van der Waals surface area (Å²) in [6.45, 7) is 1.52. The van der Waals surface area contributed by atoms with Crippen LogP contribution in [0.3, 0.4) is 0 Å². The van der Waals surface area contributed by atoms with E-state index in [1.54, 1.807) is 0 Å². The molecule has 0 saturated carbocycles. The molecule has 0 radical (unpaired) electrons. The molecule has 0 spiro atoms. The van der Waals surface area contributed by atoms with Crippen molar-refractivity contribution in [3.05, 3.63) is 82.7 Å². The number of halogens is 9. The normalized spacial score (nSPS) is 13.9. The van der Waals surface area contributed by atoms with Gasteiger partial charge in [-0.1, -0.05) is 17.3 Å². The summed E-state index contributed by atoms with van der Waals surface area (Å²) < 4.78 is 128. The first-order valence-electron chi connectivity index (χ1n) is 10.8. The predicted molar refractivity (Wildman–Crippen MR) is 114 cm³/mol. The van der Waals surface area contributed by atoms with Crippen LogP contribution < -0.4 is 10.1 Å². The molecule has 206 valence electrons. The van der Waals surface area contributed by atoms with Crippen molar-refractivity contribution in [3.63, 3.8) is 0 Å². The Morgan fingerprint density at radius 3 is 2.18 bits per heavy atom. The van der Waals surface area contributed by atoms with E-state index in [1.165, 1.54) is 13.0 Å². The number of hydrogen-bond acceptors (Lipinski definition) is 4. The molecule has 5 nitrogen and oxygen atoms in total. The van der Waals surface area contributed by atoms with Crippen molar-refractivity contribution in [2.45, 2.75) is 50.4 Å². The molecule has 0 bridgehead atoms. The second-order valence-corrected chi connectivity index (χ2v) is 8.33. The lowest BCUT2D eigenvalue weighted by atomic mass is 9.78. The number of rotatable bonds is 10. The molecule has 1 N–H and O–H groups in total. The molecule has 0 fully saturated rings. The van der Waals surface area contributed by atoms with Gasteiger partial charge in [0.2, 0.25) is 5.91 Å². The zero-order valence-corrected chi connectivity index (χ0v) is 19.4. The van der Waals surface area contributed by atoms with Crippen molar-refractivity contribution in [3.8, 4) is 5.75 Å². The molecule has 38 heavy (non-hydrogen) atoms. The average Bonchev–Trinajstić information content (AvgIpc) is 3.20. The number of ether oxygens (including phenoxy) is 1. The van der Waals surface area contributed by atoms with Crippen molar-refractivity contribution in [1.29, 1.82) is 0 Å². The van der Waals surface area contributed by atoms with Crippen LogP contribution in [0, 0.1) is 18.6 Å². The lowest BCUT2D eigenvalue weighted by Crippen LogP contribution is -2.49. The number of carbonyl (C=O) groups excluding carboxylic acids is 1. The molecule has 1 amide bonds. The van der Waals surface area contributed by atoms with Crippen LogP contribution in [0.5, 0.6) is 5.75 Å². The molecule has 14 heteroatoms. The van der Waals surface area contributed by atoms with Gasteiger partial charge >= 0.3 is 18.7 Å². The minimum absolute atomic E-state index is 0.00702. The summed E-state index contributed by atoms with van der Waals surface area (Å²) in [5, 5.41) is 6.02. The van der Waals surface area contributed by atoms with Gasteiger partial charge in [-0.2, -0.15) is 30.7 Å². The van der Waals surface area contributed by atoms with E-state index in [4.69, 9.17) is 4.52 Å². The molecule has 3 rings (SSSR count). The van der Waals surface area contributed by atoms with Gasteiger partial charge in [0.1, 0.15) is 23.1 Å². The van der Waals surface area contributed by atoms with E-state index in [2.05, 4.69) is 15.2 Å². The minimum Gasteiger partial charge on any atom is -0.428 e. The number of benzene rings is 2. The zero-order valence-electron chi connectivity index (χ0n) is 19.4. The van der Waals surface area contributed by atoms with Gasteiger partial charge in [-0.25, -0.2) is 8.78 Å². The smallest absolute Gasteiger partial charge is 0.428 e. The number of aryl methyl sites for hydroxylation is 1. The molecule has 0 aliphatic carbocycles. The average molecular weight is 554 g/mol. The van der Waals surface area contributed by atoms with Crippen LogP contribution in [0.2, 0.25) is 0 Å². The molecule has 0 aliphatic rings. The summed E-state index contributed by atoms with van der Waals surface area (Å²) in [4.78, 5) is 12.7. The van der Waals surface area contributed by atoms with Crippen molar-refractivity contribution >= 4 is 5.91 Å². The fourth-order valence-electron chi connectivity index (χ4n) is 3.68. The summed E-state index contributed by atoms with van der Waals surface area (Å²) in [7, 11) is 0. The summed E-state index contributed by atoms with van der Waals surface area (Å²) >= 11 is 0. The van der Waals surface area contributed by atoms with Gasteiger partial charge < -0.3 is 14.6 Å². The van der Waals surface area contributed by atoms with Gasteiger partial charge in [0.15, 0.2) is 0 Å². The quantitative estimate of drug-likeness (QED) is 0.293. The molecule has 0 saturated heterocycles. The third-order valence-corrected chi connectivity index (χ3v) is 5.31. The maximum atomic E-state index is 14.6. The van der Waals surface area contributed by atoms with Gasteiger partial charge in [0.05, 0.1) is 17.7 Å². The van der Waals surface area contributed by atoms with Crippen LogP contribution in [0.15, 0.2) is 53.1 Å². The molecule has 0 aliphatic heterocycles. The Morgan fingerprint density at radius 2 is 1.63 bits per heavy atom. The van der Waals surface area contributed by atoms with Crippen LogP contribution in [0.4, 0.5) is 39.5 Å². The number of amides is 1. The first kappa shape index (κ1) is 28.9. The summed E-state index contributed by atoms with van der Waals surface area (Å²) in [5.41, 5.74) is -2.18. The zero-order chi connectivity index (χ0) is 28.3. The molecule has 1 heterocycles. The largest absolute Gasteiger partial charge is 0.461 e. The van der Waals surface area contributed by atoms with Crippen molar-refractivity contribution in [2.75, 3.05) is 0 Å². The van der Waals surface area contributed by atoms with E-state index in [-0.39, 0.29) is 11.3 Å². The summed E-state index contributed by atoms with van der Waals surface area (Å²) in [5.74, 6) is -4.29. The van der Waals surface area contributed by atoms with Gasteiger partial charge in [0.25, 0.3) is 0 Å². The second kappa shape index (κ2) is 11.0. The van der Waals surface area contributed by atoms with Gasteiger partial charge in [-0.05, 0) is 42.3 Å². The highest BCUT2D eigenvalue weighted by Gasteiger charge is 2.45. The number of hydrogen-bond donors (Lipinski definition) is 1. The third-order valence-electron chi connectivity index (χ3n) is 5.31. The first-order chi connectivity index (χ1) is 17.6. The fraction of sp³-hybridized carbons (Fsp3) is 0.333. The molecule has 0 unspecified atom stereocenters. The van der Waals surface area contributed by atoms with Gasteiger partial charge in [-0.3, -0.25) is 4.79 Å². The lowest BCUT2D eigenvalue weighted by molar-refractivity contribution is -0.253. The maximum Gasteiger partial charge on any atom is 0.461 e. The molecule has 1 aromatic heterocycles. The Balaban J connectivity index is 2.21.